The maximum atomic E-state index is 5.97. The average Bonchev–Trinajstić information content (AvgIpc) is 2.75. The fraction of sp³-hybridized carbons (Fsp3) is 0.667. The first-order valence-electron chi connectivity index (χ1n) is 6.30. The van der Waals surface area contributed by atoms with Crippen LogP contribution in [-0.4, -0.2) is 53.0 Å². The van der Waals surface area contributed by atoms with Crippen molar-refractivity contribution in [3.8, 4) is 0 Å². The van der Waals surface area contributed by atoms with Gasteiger partial charge in [-0.15, -0.1) is 24.0 Å². The van der Waals surface area contributed by atoms with E-state index in [9.17, 15) is 0 Å². The number of hydrogen-bond acceptors (Lipinski definition) is 3. The van der Waals surface area contributed by atoms with Gasteiger partial charge in [0.25, 0.3) is 0 Å². The number of aliphatic imine (C=N–C) groups is 1. The van der Waals surface area contributed by atoms with Crippen molar-refractivity contribution >= 4 is 29.9 Å². The first-order chi connectivity index (χ1) is 8.65. The van der Waals surface area contributed by atoms with E-state index in [-0.39, 0.29) is 30.1 Å². The summed E-state index contributed by atoms with van der Waals surface area (Å²) in [6.07, 6.45) is 4.07. The van der Waals surface area contributed by atoms with Crippen molar-refractivity contribution in [1.29, 1.82) is 0 Å². The van der Waals surface area contributed by atoms with E-state index in [1.165, 1.54) is 0 Å². The molecule has 7 heteroatoms. The van der Waals surface area contributed by atoms with Gasteiger partial charge in [-0.1, -0.05) is 0 Å². The maximum absolute atomic E-state index is 5.97. The number of rotatable bonds is 3. The molecular formula is C12H22IN5O. The molecule has 1 aliphatic rings. The highest BCUT2D eigenvalue weighted by Gasteiger charge is 2.17. The highest BCUT2D eigenvalue weighted by atomic mass is 127. The van der Waals surface area contributed by atoms with Gasteiger partial charge >= 0.3 is 0 Å². The number of ether oxygens (including phenoxy) is 1. The van der Waals surface area contributed by atoms with Crippen LogP contribution in [0.2, 0.25) is 0 Å². The Kier molecular flexibility index (Phi) is 6.56. The summed E-state index contributed by atoms with van der Waals surface area (Å²) in [7, 11) is 0. The zero-order valence-corrected chi connectivity index (χ0v) is 13.8. The molecule has 1 fully saturated rings. The van der Waals surface area contributed by atoms with E-state index in [1.807, 2.05) is 30.9 Å². The molecule has 1 unspecified atom stereocenters. The minimum absolute atomic E-state index is 0. The first kappa shape index (κ1) is 16.2. The number of guanidine groups is 1. The summed E-state index contributed by atoms with van der Waals surface area (Å²) in [5.41, 5.74) is 7.13. The Balaban J connectivity index is 0.00000180. The Morgan fingerprint density at radius 3 is 3.05 bits per heavy atom. The molecule has 1 aromatic rings. The van der Waals surface area contributed by atoms with Crippen LogP contribution in [0.5, 0.6) is 0 Å². The van der Waals surface area contributed by atoms with Crippen molar-refractivity contribution in [2.75, 3.05) is 26.2 Å². The number of nitrogens with zero attached hydrogens (tertiary/aromatic N) is 4. The van der Waals surface area contributed by atoms with Crippen LogP contribution in [0.25, 0.3) is 0 Å². The molecule has 0 bridgehead atoms. The number of halogens is 1. The largest absolute Gasteiger partial charge is 0.375 e. The second-order valence-electron chi connectivity index (χ2n) is 4.65. The summed E-state index contributed by atoms with van der Waals surface area (Å²) >= 11 is 0. The van der Waals surface area contributed by atoms with Gasteiger partial charge in [0.1, 0.15) is 0 Å². The lowest BCUT2D eigenvalue weighted by molar-refractivity contribution is 0.00529. The van der Waals surface area contributed by atoms with Crippen molar-refractivity contribution < 1.29 is 4.74 Å². The molecule has 1 atom stereocenters. The van der Waals surface area contributed by atoms with Crippen molar-refractivity contribution in [3.63, 3.8) is 0 Å². The molecule has 6 nitrogen and oxygen atoms in total. The van der Waals surface area contributed by atoms with E-state index in [0.29, 0.717) is 12.5 Å². The molecule has 108 valence electrons. The quantitative estimate of drug-likeness (QED) is 0.480. The van der Waals surface area contributed by atoms with Gasteiger partial charge in [0.2, 0.25) is 0 Å². The Morgan fingerprint density at radius 1 is 1.63 bits per heavy atom. The number of aromatic nitrogens is 2. The Labute approximate surface area is 131 Å². The van der Waals surface area contributed by atoms with Crippen molar-refractivity contribution in [1.82, 2.24) is 14.7 Å². The normalized spacial score (nSPS) is 20.2. The summed E-state index contributed by atoms with van der Waals surface area (Å²) < 4.78 is 7.35. The smallest absolute Gasteiger partial charge is 0.191 e. The van der Waals surface area contributed by atoms with Crippen LogP contribution in [0.4, 0.5) is 0 Å². The van der Waals surface area contributed by atoms with Crippen LogP contribution in [0.1, 0.15) is 12.5 Å². The topological polar surface area (TPSA) is 68.7 Å². The third-order valence-corrected chi connectivity index (χ3v) is 2.93. The van der Waals surface area contributed by atoms with E-state index in [1.54, 1.807) is 0 Å². The fourth-order valence-electron chi connectivity index (χ4n) is 1.98. The van der Waals surface area contributed by atoms with Crippen molar-refractivity contribution in [3.05, 3.63) is 18.0 Å². The number of aryl methyl sites for hydroxylation is 1. The SMILES string of the molecule is Cc1cnn(CCN=C(N)N2CCOC(C)C2)c1.I. The molecule has 2 N–H and O–H groups in total. The van der Waals surface area contributed by atoms with Crippen LogP contribution in [0.15, 0.2) is 17.4 Å². The molecule has 19 heavy (non-hydrogen) atoms. The van der Waals surface area contributed by atoms with Gasteiger partial charge in [-0.05, 0) is 19.4 Å². The number of hydrogen-bond donors (Lipinski definition) is 1. The zero-order valence-electron chi connectivity index (χ0n) is 11.5. The van der Waals surface area contributed by atoms with Gasteiger partial charge in [-0.3, -0.25) is 9.67 Å². The first-order valence-corrected chi connectivity index (χ1v) is 6.30. The fourth-order valence-corrected chi connectivity index (χ4v) is 1.98. The Morgan fingerprint density at radius 2 is 2.42 bits per heavy atom. The van der Waals surface area contributed by atoms with Gasteiger partial charge in [0, 0.05) is 19.3 Å². The standard InChI is InChI=1S/C12H21N5O.HI/c1-10-7-15-17(8-10)4-3-14-12(13)16-5-6-18-11(2)9-16;/h7-8,11H,3-6,9H2,1-2H3,(H2,13,14);1H. The number of morpholine rings is 1. The molecule has 0 aliphatic carbocycles. The van der Waals surface area contributed by atoms with Crippen LogP contribution in [0, 0.1) is 6.92 Å². The van der Waals surface area contributed by atoms with Gasteiger partial charge < -0.3 is 15.4 Å². The van der Waals surface area contributed by atoms with Crippen LogP contribution in [0.3, 0.4) is 0 Å². The second-order valence-corrected chi connectivity index (χ2v) is 4.65. The van der Waals surface area contributed by atoms with Crippen molar-refractivity contribution in [2.24, 2.45) is 10.7 Å². The molecule has 0 spiro atoms. The summed E-state index contributed by atoms with van der Waals surface area (Å²) in [5, 5.41) is 4.21. The third-order valence-electron chi connectivity index (χ3n) is 2.93. The van der Waals surface area contributed by atoms with Crippen LogP contribution < -0.4 is 5.73 Å². The van der Waals surface area contributed by atoms with Gasteiger partial charge in [0.15, 0.2) is 5.96 Å². The van der Waals surface area contributed by atoms with Crippen LogP contribution in [-0.2, 0) is 11.3 Å². The van der Waals surface area contributed by atoms with E-state index in [0.717, 1.165) is 31.8 Å². The minimum atomic E-state index is 0. The molecule has 2 rings (SSSR count). The van der Waals surface area contributed by atoms with Gasteiger partial charge in [0.05, 0.1) is 32.0 Å². The predicted molar refractivity (Wildman–Crippen MR) is 85.9 cm³/mol. The predicted octanol–water partition coefficient (Wildman–Crippen LogP) is 0.845. The molecule has 1 aromatic heterocycles. The van der Waals surface area contributed by atoms with E-state index in [2.05, 4.69) is 15.0 Å². The summed E-state index contributed by atoms with van der Waals surface area (Å²) in [6.45, 7) is 7.84. The highest BCUT2D eigenvalue weighted by Crippen LogP contribution is 2.03. The van der Waals surface area contributed by atoms with E-state index >= 15 is 0 Å². The summed E-state index contributed by atoms with van der Waals surface area (Å²) in [6, 6.07) is 0. The number of nitrogens with two attached hydrogens (primary N) is 1. The van der Waals surface area contributed by atoms with Gasteiger partial charge in [-0.25, -0.2) is 0 Å². The molecule has 2 heterocycles. The third kappa shape index (κ3) is 4.98. The van der Waals surface area contributed by atoms with Crippen LogP contribution >= 0.6 is 24.0 Å². The molecule has 0 amide bonds. The molecule has 0 radical (unpaired) electrons. The summed E-state index contributed by atoms with van der Waals surface area (Å²) in [4.78, 5) is 6.46. The summed E-state index contributed by atoms with van der Waals surface area (Å²) in [5.74, 6) is 0.606. The molecule has 1 aliphatic heterocycles. The Bertz CT molecular complexity index is 420. The molecular weight excluding hydrogens is 357 g/mol. The Hall–Kier alpha value is -0.830. The highest BCUT2D eigenvalue weighted by molar-refractivity contribution is 14.0. The molecule has 0 saturated carbocycles. The van der Waals surface area contributed by atoms with E-state index in [4.69, 9.17) is 10.5 Å². The van der Waals surface area contributed by atoms with Gasteiger partial charge in [-0.2, -0.15) is 5.10 Å². The lowest BCUT2D eigenvalue weighted by Gasteiger charge is -2.31. The molecule has 0 aromatic carbocycles. The maximum Gasteiger partial charge on any atom is 0.191 e. The minimum Gasteiger partial charge on any atom is -0.375 e. The lowest BCUT2D eigenvalue weighted by Crippen LogP contribution is -2.48. The second kappa shape index (κ2) is 7.68. The monoisotopic (exact) mass is 379 g/mol. The zero-order chi connectivity index (χ0) is 13.0. The molecule has 1 saturated heterocycles. The van der Waals surface area contributed by atoms with Crippen molar-refractivity contribution in [2.45, 2.75) is 26.5 Å². The lowest BCUT2D eigenvalue weighted by atomic mass is 10.3. The van der Waals surface area contributed by atoms with E-state index < -0.39 is 0 Å². The average molecular weight is 379 g/mol.